The lowest BCUT2D eigenvalue weighted by molar-refractivity contribution is 0.473. The lowest BCUT2D eigenvalue weighted by atomic mass is 10.1. The predicted molar refractivity (Wildman–Crippen MR) is 53.5 cm³/mol. The Bertz CT molecular complexity index is 333. The minimum Gasteiger partial charge on any atom is -0.507 e. The van der Waals surface area contributed by atoms with Gasteiger partial charge in [0.15, 0.2) is 0 Å². The van der Waals surface area contributed by atoms with Crippen LogP contribution >= 0.6 is 15.9 Å². The van der Waals surface area contributed by atoms with Crippen LogP contribution in [0.1, 0.15) is 11.1 Å². The standard InChI is InChI=1S/C10H9BrO/c1-8-4-5-9(3-2-6-11)10(12)7-8/h4-5,7,12H,6H2,1H3. The lowest BCUT2D eigenvalue weighted by Gasteiger charge is -1.97. The van der Waals surface area contributed by atoms with Crippen molar-refractivity contribution in [1.82, 2.24) is 0 Å². The molecule has 2 heteroatoms. The van der Waals surface area contributed by atoms with Crippen LogP contribution in [-0.2, 0) is 0 Å². The number of hydrogen-bond donors (Lipinski definition) is 1. The van der Waals surface area contributed by atoms with Crippen molar-refractivity contribution in [3.63, 3.8) is 0 Å². The van der Waals surface area contributed by atoms with E-state index < -0.39 is 0 Å². The summed E-state index contributed by atoms with van der Waals surface area (Å²) in [4.78, 5) is 0. The van der Waals surface area contributed by atoms with E-state index >= 15 is 0 Å². The summed E-state index contributed by atoms with van der Waals surface area (Å²) in [6.45, 7) is 1.93. The van der Waals surface area contributed by atoms with E-state index in [9.17, 15) is 5.11 Å². The highest BCUT2D eigenvalue weighted by atomic mass is 79.9. The number of aromatic hydroxyl groups is 1. The number of benzene rings is 1. The highest BCUT2D eigenvalue weighted by Gasteiger charge is 1.95. The molecule has 62 valence electrons. The average molecular weight is 225 g/mol. The molecule has 1 aromatic rings. The van der Waals surface area contributed by atoms with Gasteiger partial charge in [-0.25, -0.2) is 0 Å². The molecule has 0 saturated carbocycles. The largest absolute Gasteiger partial charge is 0.507 e. The molecule has 0 saturated heterocycles. The first-order valence-corrected chi connectivity index (χ1v) is 4.70. The molecule has 12 heavy (non-hydrogen) atoms. The molecular weight excluding hydrogens is 216 g/mol. The van der Waals surface area contributed by atoms with Crippen molar-refractivity contribution in [3.8, 4) is 17.6 Å². The summed E-state index contributed by atoms with van der Waals surface area (Å²) in [7, 11) is 0. The van der Waals surface area contributed by atoms with Gasteiger partial charge < -0.3 is 5.11 Å². The second kappa shape index (κ2) is 4.18. The third-order valence-electron chi connectivity index (χ3n) is 1.44. The SMILES string of the molecule is Cc1ccc(C#CCBr)c(O)c1. The molecule has 0 spiro atoms. The molecule has 1 rings (SSSR count). The van der Waals surface area contributed by atoms with Gasteiger partial charge in [-0.2, -0.15) is 0 Å². The Morgan fingerprint density at radius 3 is 2.83 bits per heavy atom. The first kappa shape index (κ1) is 9.15. The van der Waals surface area contributed by atoms with Crippen LogP contribution in [0.4, 0.5) is 0 Å². The van der Waals surface area contributed by atoms with Crippen LogP contribution in [0.2, 0.25) is 0 Å². The lowest BCUT2D eigenvalue weighted by Crippen LogP contribution is -1.78. The molecule has 0 amide bonds. The highest BCUT2D eigenvalue weighted by molar-refractivity contribution is 9.09. The molecule has 0 atom stereocenters. The van der Waals surface area contributed by atoms with Crippen molar-refractivity contribution >= 4 is 15.9 Å². The Hall–Kier alpha value is -0.940. The normalized spacial score (nSPS) is 8.83. The monoisotopic (exact) mass is 224 g/mol. The third kappa shape index (κ3) is 2.28. The van der Waals surface area contributed by atoms with E-state index in [0.29, 0.717) is 10.9 Å². The van der Waals surface area contributed by atoms with Gasteiger partial charge in [0.25, 0.3) is 0 Å². The minimum absolute atomic E-state index is 0.253. The van der Waals surface area contributed by atoms with Gasteiger partial charge in [0.1, 0.15) is 5.75 Å². The van der Waals surface area contributed by atoms with Gasteiger partial charge in [0.2, 0.25) is 0 Å². The van der Waals surface area contributed by atoms with E-state index in [1.54, 1.807) is 6.07 Å². The van der Waals surface area contributed by atoms with Gasteiger partial charge >= 0.3 is 0 Å². The molecule has 1 aromatic carbocycles. The van der Waals surface area contributed by atoms with Gasteiger partial charge in [-0.05, 0) is 24.6 Å². The second-order valence-electron chi connectivity index (χ2n) is 2.46. The van der Waals surface area contributed by atoms with Crippen molar-refractivity contribution in [1.29, 1.82) is 0 Å². The molecule has 0 bridgehead atoms. The van der Waals surface area contributed by atoms with Gasteiger partial charge in [-0.3, -0.25) is 0 Å². The van der Waals surface area contributed by atoms with Crippen molar-refractivity contribution < 1.29 is 5.11 Å². The van der Waals surface area contributed by atoms with Crippen molar-refractivity contribution in [2.75, 3.05) is 5.33 Å². The zero-order chi connectivity index (χ0) is 8.97. The van der Waals surface area contributed by atoms with Gasteiger partial charge in [0, 0.05) is 0 Å². The number of phenols is 1. The summed E-state index contributed by atoms with van der Waals surface area (Å²) in [5, 5.41) is 10.0. The molecule has 0 aliphatic carbocycles. The van der Waals surface area contributed by atoms with E-state index in [2.05, 4.69) is 27.8 Å². The zero-order valence-electron chi connectivity index (χ0n) is 6.76. The molecule has 0 aliphatic rings. The Morgan fingerprint density at radius 2 is 2.25 bits per heavy atom. The van der Waals surface area contributed by atoms with Gasteiger partial charge in [0.05, 0.1) is 10.9 Å². The van der Waals surface area contributed by atoms with E-state index in [-0.39, 0.29) is 5.75 Å². The molecule has 0 heterocycles. The number of rotatable bonds is 0. The van der Waals surface area contributed by atoms with Crippen molar-refractivity contribution in [3.05, 3.63) is 29.3 Å². The summed E-state index contributed by atoms with van der Waals surface area (Å²) >= 11 is 3.19. The fourth-order valence-corrected chi connectivity index (χ4v) is 1.02. The molecule has 0 radical (unpaired) electrons. The quantitative estimate of drug-likeness (QED) is 0.531. The number of alkyl halides is 1. The van der Waals surface area contributed by atoms with Gasteiger partial charge in [-0.1, -0.05) is 33.8 Å². The van der Waals surface area contributed by atoms with Gasteiger partial charge in [-0.15, -0.1) is 0 Å². The number of aryl methyl sites for hydroxylation is 1. The molecule has 0 aliphatic heterocycles. The van der Waals surface area contributed by atoms with Crippen LogP contribution in [0.3, 0.4) is 0 Å². The molecule has 0 aromatic heterocycles. The van der Waals surface area contributed by atoms with E-state index in [4.69, 9.17) is 0 Å². The van der Waals surface area contributed by atoms with E-state index in [0.717, 1.165) is 5.56 Å². The molecule has 1 nitrogen and oxygen atoms in total. The highest BCUT2D eigenvalue weighted by Crippen LogP contribution is 2.16. The first-order valence-electron chi connectivity index (χ1n) is 3.58. The van der Waals surface area contributed by atoms with Crippen LogP contribution in [0.5, 0.6) is 5.75 Å². The summed E-state index contributed by atoms with van der Waals surface area (Å²) in [5.41, 5.74) is 1.72. The number of hydrogen-bond acceptors (Lipinski definition) is 1. The summed E-state index contributed by atoms with van der Waals surface area (Å²) in [6, 6.07) is 5.45. The Morgan fingerprint density at radius 1 is 1.50 bits per heavy atom. The Labute approximate surface area is 80.6 Å². The Kier molecular flexibility index (Phi) is 3.19. The third-order valence-corrected chi connectivity index (χ3v) is 1.72. The maximum absolute atomic E-state index is 9.40. The van der Waals surface area contributed by atoms with Crippen LogP contribution < -0.4 is 0 Å². The van der Waals surface area contributed by atoms with Crippen molar-refractivity contribution in [2.24, 2.45) is 0 Å². The molecule has 1 N–H and O–H groups in total. The van der Waals surface area contributed by atoms with Crippen LogP contribution in [0.25, 0.3) is 0 Å². The predicted octanol–water partition coefficient (Wildman–Crippen LogP) is 2.45. The minimum atomic E-state index is 0.253. The molecule has 0 fully saturated rings. The summed E-state index contributed by atoms with van der Waals surface area (Å²) < 4.78 is 0. The van der Waals surface area contributed by atoms with E-state index in [1.807, 2.05) is 19.1 Å². The number of phenolic OH excluding ortho intramolecular Hbond substituents is 1. The maximum Gasteiger partial charge on any atom is 0.131 e. The van der Waals surface area contributed by atoms with Crippen LogP contribution in [-0.4, -0.2) is 10.4 Å². The van der Waals surface area contributed by atoms with Crippen LogP contribution in [0, 0.1) is 18.8 Å². The van der Waals surface area contributed by atoms with Crippen molar-refractivity contribution in [2.45, 2.75) is 6.92 Å². The maximum atomic E-state index is 9.40. The molecule has 0 unspecified atom stereocenters. The molecular formula is C10H9BrO. The summed E-state index contributed by atoms with van der Waals surface area (Å²) in [6.07, 6.45) is 0. The zero-order valence-corrected chi connectivity index (χ0v) is 8.35. The fourth-order valence-electron chi connectivity index (χ4n) is 0.876. The Balaban J connectivity index is 3.01. The van der Waals surface area contributed by atoms with E-state index in [1.165, 1.54) is 0 Å². The smallest absolute Gasteiger partial charge is 0.131 e. The number of halogens is 1. The average Bonchev–Trinajstić information content (AvgIpc) is 2.03. The second-order valence-corrected chi connectivity index (χ2v) is 3.02. The first-order chi connectivity index (χ1) is 5.74. The topological polar surface area (TPSA) is 20.2 Å². The fraction of sp³-hybridized carbons (Fsp3) is 0.200. The van der Waals surface area contributed by atoms with Crippen LogP contribution in [0.15, 0.2) is 18.2 Å². The summed E-state index contributed by atoms with van der Waals surface area (Å²) in [5.74, 6) is 5.93.